The zero-order valence-corrected chi connectivity index (χ0v) is 8.53. The third-order valence-electron chi connectivity index (χ3n) is 3.09. The fourth-order valence-corrected chi connectivity index (χ4v) is 1.98. The molecular formula is C11H11NO4. The Bertz CT molecular complexity index is 573. The van der Waals surface area contributed by atoms with E-state index in [1.165, 1.54) is 0 Å². The van der Waals surface area contributed by atoms with Gasteiger partial charge >= 0.3 is 5.76 Å². The molecule has 0 spiro atoms. The Morgan fingerprint density at radius 2 is 2.25 bits per heavy atom. The number of oxazole rings is 1. The van der Waals surface area contributed by atoms with Crippen molar-refractivity contribution in [3.63, 3.8) is 0 Å². The second-order valence-corrected chi connectivity index (χ2v) is 4.16. The maximum absolute atomic E-state index is 11.0. The minimum Gasteiger partial charge on any atom is -0.408 e. The van der Waals surface area contributed by atoms with E-state index in [2.05, 4.69) is 4.98 Å². The van der Waals surface area contributed by atoms with E-state index < -0.39 is 5.76 Å². The average molecular weight is 221 g/mol. The Labute approximate surface area is 90.7 Å². The van der Waals surface area contributed by atoms with Gasteiger partial charge in [-0.1, -0.05) is 6.07 Å². The van der Waals surface area contributed by atoms with Crippen LogP contribution in [-0.2, 0) is 10.2 Å². The number of hydrogen-bond donors (Lipinski definition) is 2. The summed E-state index contributed by atoms with van der Waals surface area (Å²) in [7, 11) is 0. The van der Waals surface area contributed by atoms with Gasteiger partial charge in [0.2, 0.25) is 0 Å². The van der Waals surface area contributed by atoms with Crippen LogP contribution in [-0.4, -0.2) is 29.9 Å². The van der Waals surface area contributed by atoms with E-state index >= 15 is 0 Å². The summed E-state index contributed by atoms with van der Waals surface area (Å²) in [6, 6.07) is 5.43. The highest BCUT2D eigenvalue weighted by Crippen LogP contribution is 2.33. The Kier molecular flexibility index (Phi) is 1.92. The first-order valence-electron chi connectivity index (χ1n) is 5.05. The Morgan fingerprint density at radius 1 is 1.44 bits per heavy atom. The molecule has 1 aliphatic rings. The van der Waals surface area contributed by atoms with Gasteiger partial charge in [-0.3, -0.25) is 4.98 Å². The van der Waals surface area contributed by atoms with Gasteiger partial charge in [-0.2, -0.15) is 0 Å². The molecule has 0 unspecified atom stereocenters. The summed E-state index contributed by atoms with van der Waals surface area (Å²) in [4.78, 5) is 13.6. The van der Waals surface area contributed by atoms with E-state index in [1.54, 1.807) is 6.07 Å². The highest BCUT2D eigenvalue weighted by atomic mass is 16.5. The van der Waals surface area contributed by atoms with Crippen molar-refractivity contribution in [2.75, 3.05) is 19.8 Å². The largest absolute Gasteiger partial charge is 0.417 e. The molecular weight excluding hydrogens is 210 g/mol. The zero-order valence-electron chi connectivity index (χ0n) is 8.53. The average Bonchev–Trinajstić information content (AvgIpc) is 2.56. The first kappa shape index (κ1) is 9.62. The Morgan fingerprint density at radius 3 is 2.88 bits per heavy atom. The van der Waals surface area contributed by atoms with E-state index in [1.807, 2.05) is 12.1 Å². The number of aliphatic hydroxyl groups excluding tert-OH is 1. The van der Waals surface area contributed by atoms with E-state index in [0.29, 0.717) is 24.3 Å². The lowest BCUT2D eigenvalue weighted by Gasteiger charge is -2.40. The van der Waals surface area contributed by atoms with Crippen LogP contribution in [0.4, 0.5) is 0 Å². The molecule has 5 nitrogen and oxygen atoms in total. The second-order valence-electron chi connectivity index (χ2n) is 4.16. The van der Waals surface area contributed by atoms with Crippen molar-refractivity contribution in [2.45, 2.75) is 5.41 Å². The molecule has 1 aromatic heterocycles. The van der Waals surface area contributed by atoms with Gasteiger partial charge in [-0.25, -0.2) is 4.79 Å². The van der Waals surface area contributed by atoms with Crippen molar-refractivity contribution in [2.24, 2.45) is 0 Å². The Balaban J connectivity index is 2.14. The SMILES string of the molecule is O=c1[nH]c2cc(C3(CO)COC3)ccc2o1. The van der Waals surface area contributed by atoms with Crippen molar-refractivity contribution in [3.8, 4) is 0 Å². The standard InChI is InChI=1S/C11H11NO4/c13-4-11(5-15-6-11)7-1-2-9-8(3-7)12-10(14)16-9/h1-3,13H,4-6H2,(H,12,14). The number of H-pyrrole nitrogens is 1. The normalized spacial score (nSPS) is 18.6. The number of hydrogen-bond acceptors (Lipinski definition) is 4. The van der Waals surface area contributed by atoms with E-state index in [-0.39, 0.29) is 12.0 Å². The molecule has 0 saturated carbocycles. The summed E-state index contributed by atoms with van der Waals surface area (Å²) >= 11 is 0. The van der Waals surface area contributed by atoms with Gasteiger partial charge in [0.05, 0.1) is 30.8 Å². The Hall–Kier alpha value is -1.59. The monoisotopic (exact) mass is 221 g/mol. The van der Waals surface area contributed by atoms with Crippen LogP contribution >= 0.6 is 0 Å². The molecule has 0 aliphatic carbocycles. The number of nitrogens with one attached hydrogen (secondary N) is 1. The predicted octanol–water partition coefficient (Wildman–Crippen LogP) is 0.381. The molecule has 2 heterocycles. The van der Waals surface area contributed by atoms with Crippen LogP contribution in [0.1, 0.15) is 5.56 Å². The molecule has 0 atom stereocenters. The molecule has 84 valence electrons. The molecule has 1 aromatic carbocycles. The molecule has 0 radical (unpaired) electrons. The molecule has 1 aliphatic heterocycles. The molecule has 0 bridgehead atoms. The van der Waals surface area contributed by atoms with Crippen LogP contribution in [0, 0.1) is 0 Å². The zero-order chi connectivity index (χ0) is 11.2. The highest BCUT2D eigenvalue weighted by molar-refractivity contribution is 5.73. The number of aromatic amines is 1. The second kappa shape index (κ2) is 3.20. The van der Waals surface area contributed by atoms with Gasteiger partial charge in [-0.15, -0.1) is 0 Å². The van der Waals surface area contributed by atoms with Crippen molar-refractivity contribution in [1.82, 2.24) is 4.98 Å². The number of rotatable bonds is 2. The van der Waals surface area contributed by atoms with Crippen molar-refractivity contribution >= 4 is 11.1 Å². The molecule has 0 amide bonds. The fraction of sp³-hybridized carbons (Fsp3) is 0.364. The maximum Gasteiger partial charge on any atom is 0.417 e. The fourth-order valence-electron chi connectivity index (χ4n) is 1.98. The molecule has 2 aromatic rings. The topological polar surface area (TPSA) is 75.5 Å². The van der Waals surface area contributed by atoms with Crippen molar-refractivity contribution < 1.29 is 14.3 Å². The number of fused-ring (bicyclic) bond motifs is 1. The minimum absolute atomic E-state index is 0.0423. The van der Waals surface area contributed by atoms with Gasteiger partial charge in [0, 0.05) is 0 Å². The summed E-state index contributed by atoms with van der Waals surface area (Å²) in [6.07, 6.45) is 0. The predicted molar refractivity (Wildman–Crippen MR) is 56.4 cm³/mol. The third kappa shape index (κ3) is 1.22. The van der Waals surface area contributed by atoms with Crippen LogP contribution in [0.5, 0.6) is 0 Å². The van der Waals surface area contributed by atoms with Gasteiger partial charge in [-0.05, 0) is 17.7 Å². The minimum atomic E-state index is -0.463. The lowest BCUT2D eigenvalue weighted by atomic mass is 9.79. The van der Waals surface area contributed by atoms with Crippen LogP contribution < -0.4 is 5.76 Å². The van der Waals surface area contributed by atoms with Crippen molar-refractivity contribution in [1.29, 1.82) is 0 Å². The van der Waals surface area contributed by atoms with Crippen molar-refractivity contribution in [3.05, 3.63) is 34.3 Å². The summed E-state index contributed by atoms with van der Waals surface area (Å²) in [5.41, 5.74) is 1.83. The number of aromatic nitrogens is 1. The van der Waals surface area contributed by atoms with Gasteiger partial charge in [0.15, 0.2) is 5.58 Å². The molecule has 5 heteroatoms. The van der Waals surface area contributed by atoms with Gasteiger partial charge in [0.1, 0.15) is 0 Å². The smallest absolute Gasteiger partial charge is 0.408 e. The lowest BCUT2D eigenvalue weighted by Crippen LogP contribution is -2.49. The number of aliphatic hydroxyl groups is 1. The van der Waals surface area contributed by atoms with Gasteiger partial charge < -0.3 is 14.3 Å². The van der Waals surface area contributed by atoms with Crippen LogP contribution in [0.2, 0.25) is 0 Å². The first-order chi connectivity index (χ1) is 7.73. The first-order valence-corrected chi connectivity index (χ1v) is 5.05. The lowest BCUT2D eigenvalue weighted by molar-refractivity contribution is -0.0841. The molecule has 1 fully saturated rings. The summed E-state index contributed by atoms with van der Waals surface area (Å²) in [6.45, 7) is 1.06. The highest BCUT2D eigenvalue weighted by Gasteiger charge is 2.40. The summed E-state index contributed by atoms with van der Waals surface area (Å²) in [5, 5.41) is 9.39. The summed E-state index contributed by atoms with van der Waals surface area (Å²) < 4.78 is 10.1. The molecule has 16 heavy (non-hydrogen) atoms. The molecule has 1 saturated heterocycles. The van der Waals surface area contributed by atoms with Crippen LogP contribution in [0.15, 0.2) is 27.4 Å². The quantitative estimate of drug-likeness (QED) is 0.768. The van der Waals surface area contributed by atoms with E-state index in [0.717, 1.165) is 5.56 Å². The summed E-state index contributed by atoms with van der Waals surface area (Å²) in [5.74, 6) is -0.463. The third-order valence-corrected chi connectivity index (χ3v) is 3.09. The van der Waals surface area contributed by atoms with Crippen LogP contribution in [0.25, 0.3) is 11.1 Å². The molecule has 2 N–H and O–H groups in total. The molecule has 3 rings (SSSR count). The maximum atomic E-state index is 11.0. The van der Waals surface area contributed by atoms with Gasteiger partial charge in [0.25, 0.3) is 0 Å². The van der Waals surface area contributed by atoms with E-state index in [9.17, 15) is 9.90 Å². The number of benzene rings is 1. The number of ether oxygens (including phenoxy) is 1. The van der Waals surface area contributed by atoms with Crippen LogP contribution in [0.3, 0.4) is 0 Å². The van der Waals surface area contributed by atoms with E-state index in [4.69, 9.17) is 9.15 Å².